The smallest absolute Gasteiger partial charge is 0.352 e. The number of likely N-dealkylation sites (tertiary alicyclic amines) is 1. The average Bonchev–Trinajstić information content (AvgIpc) is 3.41. The van der Waals surface area contributed by atoms with Crippen molar-refractivity contribution in [2.75, 3.05) is 13.1 Å². The molecular formula is C20H22ClFN4O3. The summed E-state index contributed by atoms with van der Waals surface area (Å²) in [6, 6.07) is 5.76. The third-order valence-electron chi connectivity index (χ3n) is 4.74. The minimum atomic E-state index is -1.14. The van der Waals surface area contributed by atoms with Gasteiger partial charge in [-0.2, -0.15) is 5.10 Å². The van der Waals surface area contributed by atoms with Crippen LogP contribution in [0.3, 0.4) is 0 Å². The van der Waals surface area contributed by atoms with Crippen LogP contribution in [0.2, 0.25) is 5.02 Å². The molecule has 0 bridgehead atoms. The van der Waals surface area contributed by atoms with E-state index in [9.17, 15) is 14.0 Å². The van der Waals surface area contributed by atoms with Crippen molar-refractivity contribution in [3.63, 3.8) is 0 Å². The summed E-state index contributed by atoms with van der Waals surface area (Å²) in [6.45, 7) is 2.58. The van der Waals surface area contributed by atoms with Gasteiger partial charge in [0, 0.05) is 43.8 Å². The van der Waals surface area contributed by atoms with Crippen molar-refractivity contribution in [2.24, 2.45) is 0 Å². The standard InChI is InChI=1S/C11H17N3O.C9H5ClFNO2/c15-11(13-7-2-1-3-8-13)5-10-14-9-4-6-12-14;10-5-1-2-6(11)8-4(5)3-7(12-8)9(13)14/h4,6,9H,1-3,5,7-8,10H2;1-3,12H,(H,13,14). The van der Waals surface area contributed by atoms with Crippen LogP contribution in [0.5, 0.6) is 0 Å². The minimum Gasteiger partial charge on any atom is -0.477 e. The Bertz CT molecular complexity index is 942. The number of benzene rings is 1. The molecule has 0 spiro atoms. The third kappa shape index (κ3) is 5.35. The van der Waals surface area contributed by atoms with Crippen LogP contribution in [0.25, 0.3) is 10.9 Å². The molecule has 0 saturated carbocycles. The first kappa shape index (κ1) is 20.9. The largest absolute Gasteiger partial charge is 0.477 e. The number of H-pyrrole nitrogens is 1. The summed E-state index contributed by atoms with van der Waals surface area (Å²) in [5.41, 5.74) is 0.0434. The maximum atomic E-state index is 13.2. The SMILES string of the molecule is O=C(CCn1cccn1)N1CCCCC1.O=C(O)c1cc2c(Cl)ccc(F)c2[nH]1. The number of aromatic amines is 1. The number of nitrogens with zero attached hydrogens (tertiary/aromatic N) is 3. The second kappa shape index (κ2) is 9.56. The lowest BCUT2D eigenvalue weighted by Crippen LogP contribution is -2.36. The van der Waals surface area contributed by atoms with Crippen molar-refractivity contribution in [1.82, 2.24) is 19.7 Å². The Labute approximate surface area is 172 Å². The summed E-state index contributed by atoms with van der Waals surface area (Å²) in [5, 5.41) is 13.5. The van der Waals surface area contributed by atoms with Crippen LogP contribution in [0.1, 0.15) is 36.2 Å². The van der Waals surface area contributed by atoms with Crippen LogP contribution in [-0.4, -0.2) is 49.7 Å². The molecule has 4 rings (SSSR count). The van der Waals surface area contributed by atoms with Gasteiger partial charge in [-0.15, -0.1) is 0 Å². The van der Waals surface area contributed by atoms with E-state index in [1.807, 2.05) is 21.8 Å². The van der Waals surface area contributed by atoms with Crippen LogP contribution in [0.15, 0.2) is 36.7 Å². The van der Waals surface area contributed by atoms with Gasteiger partial charge in [0.15, 0.2) is 0 Å². The summed E-state index contributed by atoms with van der Waals surface area (Å²) in [5.74, 6) is -1.39. The molecule has 3 heterocycles. The number of hydrogen-bond donors (Lipinski definition) is 2. The van der Waals surface area contributed by atoms with Gasteiger partial charge in [-0.25, -0.2) is 9.18 Å². The average molecular weight is 421 g/mol. The lowest BCUT2D eigenvalue weighted by atomic mass is 10.1. The summed E-state index contributed by atoms with van der Waals surface area (Å²) < 4.78 is 15.0. The van der Waals surface area contributed by atoms with E-state index in [4.69, 9.17) is 16.7 Å². The lowest BCUT2D eigenvalue weighted by Gasteiger charge is -2.26. The third-order valence-corrected chi connectivity index (χ3v) is 5.07. The second-order valence-electron chi connectivity index (χ2n) is 6.77. The maximum absolute atomic E-state index is 13.2. The first-order chi connectivity index (χ1) is 14.0. The van der Waals surface area contributed by atoms with Crippen LogP contribution >= 0.6 is 11.6 Å². The molecule has 3 aromatic rings. The molecule has 9 heteroatoms. The molecule has 7 nitrogen and oxygen atoms in total. The number of amides is 1. The highest BCUT2D eigenvalue weighted by Crippen LogP contribution is 2.26. The molecule has 29 heavy (non-hydrogen) atoms. The molecule has 0 radical (unpaired) electrons. The monoisotopic (exact) mass is 420 g/mol. The number of carboxylic acids is 1. The van der Waals surface area contributed by atoms with E-state index in [1.54, 1.807) is 6.20 Å². The number of carboxylic acid groups (broad SMARTS) is 1. The highest BCUT2D eigenvalue weighted by atomic mass is 35.5. The Morgan fingerprint density at radius 1 is 1.24 bits per heavy atom. The highest BCUT2D eigenvalue weighted by Gasteiger charge is 2.16. The number of piperidine rings is 1. The van der Waals surface area contributed by atoms with Gasteiger partial charge in [0.2, 0.25) is 5.91 Å². The fraction of sp³-hybridized carbons (Fsp3) is 0.350. The fourth-order valence-electron chi connectivity index (χ4n) is 3.21. The van der Waals surface area contributed by atoms with Crippen molar-refractivity contribution < 1.29 is 19.1 Å². The zero-order chi connectivity index (χ0) is 20.8. The maximum Gasteiger partial charge on any atom is 0.352 e. The zero-order valence-corrected chi connectivity index (χ0v) is 16.5. The Balaban J connectivity index is 0.000000166. The van der Waals surface area contributed by atoms with Gasteiger partial charge in [-0.05, 0) is 43.5 Å². The molecule has 2 N–H and O–H groups in total. The van der Waals surface area contributed by atoms with Gasteiger partial charge in [0.1, 0.15) is 11.5 Å². The minimum absolute atomic E-state index is 0.0769. The molecule has 1 aliphatic rings. The van der Waals surface area contributed by atoms with Gasteiger partial charge in [0.25, 0.3) is 0 Å². The number of nitrogens with one attached hydrogen (secondary N) is 1. The number of carbonyl (C=O) groups excluding carboxylic acids is 1. The number of hydrogen-bond acceptors (Lipinski definition) is 3. The van der Waals surface area contributed by atoms with E-state index >= 15 is 0 Å². The molecule has 1 fully saturated rings. The Morgan fingerprint density at radius 3 is 2.62 bits per heavy atom. The topological polar surface area (TPSA) is 91.2 Å². The molecule has 0 aliphatic carbocycles. The van der Waals surface area contributed by atoms with Gasteiger partial charge in [-0.3, -0.25) is 9.48 Å². The number of rotatable bonds is 4. The van der Waals surface area contributed by atoms with Crippen molar-refractivity contribution >= 4 is 34.4 Å². The molecular weight excluding hydrogens is 399 g/mol. The Morgan fingerprint density at radius 2 is 2.00 bits per heavy atom. The van der Waals surface area contributed by atoms with E-state index in [0.29, 0.717) is 23.4 Å². The van der Waals surface area contributed by atoms with Crippen LogP contribution < -0.4 is 0 Å². The molecule has 1 aromatic carbocycles. The van der Waals surface area contributed by atoms with Crippen LogP contribution in [0, 0.1) is 5.82 Å². The zero-order valence-electron chi connectivity index (χ0n) is 15.8. The fourth-order valence-corrected chi connectivity index (χ4v) is 3.42. The number of aryl methyl sites for hydroxylation is 1. The number of carbonyl (C=O) groups is 2. The van der Waals surface area contributed by atoms with E-state index < -0.39 is 11.8 Å². The number of fused-ring (bicyclic) bond motifs is 1. The first-order valence-electron chi connectivity index (χ1n) is 9.41. The van der Waals surface area contributed by atoms with Crippen molar-refractivity contribution in [1.29, 1.82) is 0 Å². The summed E-state index contributed by atoms with van der Waals surface area (Å²) >= 11 is 5.77. The molecule has 2 aromatic heterocycles. The summed E-state index contributed by atoms with van der Waals surface area (Å²) in [6.07, 6.45) is 7.79. The van der Waals surface area contributed by atoms with E-state index in [0.717, 1.165) is 25.9 Å². The van der Waals surface area contributed by atoms with Gasteiger partial charge >= 0.3 is 5.97 Å². The predicted molar refractivity (Wildman–Crippen MR) is 108 cm³/mol. The lowest BCUT2D eigenvalue weighted by molar-refractivity contribution is -0.132. The molecule has 1 saturated heterocycles. The molecule has 1 aliphatic heterocycles. The first-order valence-corrected chi connectivity index (χ1v) is 9.78. The number of halogens is 2. The molecule has 154 valence electrons. The second-order valence-corrected chi connectivity index (χ2v) is 7.17. The van der Waals surface area contributed by atoms with Crippen LogP contribution in [-0.2, 0) is 11.3 Å². The van der Waals surface area contributed by atoms with E-state index in [-0.39, 0.29) is 17.1 Å². The summed E-state index contributed by atoms with van der Waals surface area (Å²) in [7, 11) is 0. The van der Waals surface area contributed by atoms with Crippen molar-refractivity contribution in [2.45, 2.75) is 32.2 Å². The Hall–Kier alpha value is -2.87. The molecule has 0 unspecified atom stereocenters. The number of aromatic carboxylic acids is 1. The number of aromatic nitrogens is 3. The van der Waals surface area contributed by atoms with Gasteiger partial charge in [-0.1, -0.05) is 11.6 Å². The van der Waals surface area contributed by atoms with Crippen molar-refractivity contribution in [3.8, 4) is 0 Å². The molecule has 1 amide bonds. The van der Waals surface area contributed by atoms with Gasteiger partial charge < -0.3 is 15.0 Å². The normalized spacial score (nSPS) is 13.8. The van der Waals surface area contributed by atoms with E-state index in [2.05, 4.69) is 10.1 Å². The molecule has 0 atom stereocenters. The van der Waals surface area contributed by atoms with E-state index in [1.165, 1.54) is 24.6 Å². The van der Waals surface area contributed by atoms with Gasteiger partial charge in [0.05, 0.1) is 10.5 Å². The predicted octanol–water partition coefficient (Wildman–Crippen LogP) is 3.94. The quantitative estimate of drug-likeness (QED) is 0.668. The van der Waals surface area contributed by atoms with Crippen molar-refractivity contribution in [3.05, 3.63) is 53.2 Å². The summed E-state index contributed by atoms with van der Waals surface area (Å²) in [4.78, 5) is 26.8. The Kier molecular flexibility index (Phi) is 6.87. The highest BCUT2D eigenvalue weighted by molar-refractivity contribution is 6.35. The van der Waals surface area contributed by atoms with Crippen LogP contribution in [0.4, 0.5) is 4.39 Å².